The van der Waals surface area contributed by atoms with Crippen LogP contribution < -0.4 is 10.1 Å². The highest BCUT2D eigenvalue weighted by molar-refractivity contribution is 6.02. The van der Waals surface area contributed by atoms with Gasteiger partial charge >= 0.3 is 0 Å². The highest BCUT2D eigenvalue weighted by Crippen LogP contribution is 2.64. The average Bonchev–Trinajstić information content (AvgIpc) is 1.58. The maximum absolute atomic E-state index is 12.8. The Morgan fingerprint density at radius 1 is 0.375 bits per heavy atom. The molecule has 1 amide bonds. The molecule has 632 valence electrons. The monoisotopic (exact) mass is 1540 g/mol. The molecule has 3 heterocycles. The van der Waals surface area contributed by atoms with Crippen molar-refractivity contribution >= 4 is 23.3 Å². The molecule has 0 radical (unpaired) electrons. The van der Waals surface area contributed by atoms with Gasteiger partial charge in [0, 0.05) is 65.0 Å². The van der Waals surface area contributed by atoms with Crippen LogP contribution in [-0.4, -0.2) is 46.6 Å². The summed E-state index contributed by atoms with van der Waals surface area (Å²) in [7, 11) is 0. The maximum atomic E-state index is 12.8. The van der Waals surface area contributed by atoms with Gasteiger partial charge in [-0.15, -0.1) is 0 Å². The Morgan fingerprint density at radius 2 is 0.750 bits per heavy atom. The number of Topliss-reactive ketones (excluding diaryl/α,β-unsaturated/α-hetero) is 3. The van der Waals surface area contributed by atoms with Gasteiger partial charge in [-0.2, -0.15) is 0 Å². The van der Waals surface area contributed by atoms with Crippen molar-refractivity contribution in [1.29, 1.82) is 0 Å². The van der Waals surface area contributed by atoms with E-state index in [0.29, 0.717) is 37.2 Å². The molecule has 0 spiro atoms. The molecule has 8 heteroatoms. The average molecular weight is 1550 g/mol. The van der Waals surface area contributed by atoms with Gasteiger partial charge in [-0.05, 0) is 112 Å². The van der Waals surface area contributed by atoms with Gasteiger partial charge in [0.05, 0.1) is 23.5 Å². The molecule has 1 atom stereocenters. The van der Waals surface area contributed by atoms with Crippen LogP contribution in [0.4, 0.5) is 0 Å². The van der Waals surface area contributed by atoms with E-state index in [2.05, 4.69) is 333 Å². The summed E-state index contributed by atoms with van der Waals surface area (Å²) in [5, 5.41) is 13.8. The van der Waals surface area contributed by atoms with Gasteiger partial charge < -0.3 is 19.9 Å². The highest BCUT2D eigenvalue weighted by atomic mass is 16.5. The van der Waals surface area contributed by atoms with Crippen molar-refractivity contribution in [2.45, 2.75) is 377 Å². The van der Waals surface area contributed by atoms with Gasteiger partial charge in [-0.25, -0.2) is 0 Å². The van der Waals surface area contributed by atoms with E-state index >= 15 is 0 Å². The van der Waals surface area contributed by atoms with Crippen molar-refractivity contribution in [1.82, 2.24) is 5.32 Å². The molecule has 5 aromatic carbocycles. The first-order chi connectivity index (χ1) is 50.2. The van der Waals surface area contributed by atoms with Crippen LogP contribution in [0.2, 0.25) is 0 Å². The number of ether oxygens (including phenoxy) is 2. The fourth-order valence-electron chi connectivity index (χ4n) is 23.1. The Labute approximate surface area is 689 Å². The van der Waals surface area contributed by atoms with Crippen LogP contribution in [0, 0.1) is 70.4 Å². The fraction of sp³-hybridized carbons (Fsp3) is 0.673. The molecule has 5 aromatic rings. The summed E-state index contributed by atoms with van der Waals surface area (Å²) in [6.45, 7) is 93.5. The van der Waals surface area contributed by atoms with Crippen molar-refractivity contribution in [3.05, 3.63) is 171 Å². The molecule has 0 aromatic heterocycles. The third-order valence-corrected chi connectivity index (χ3v) is 26.0. The Bertz CT molecular complexity index is 3810. The summed E-state index contributed by atoms with van der Waals surface area (Å²) in [4.78, 5) is 49.8. The van der Waals surface area contributed by atoms with Crippen molar-refractivity contribution in [2.24, 2.45) is 70.4 Å². The molecular weight excluding hydrogens is 1380 g/mol. The molecule has 1 saturated heterocycles. The number of hydrogen-bond donors (Lipinski definition) is 2. The van der Waals surface area contributed by atoms with Crippen molar-refractivity contribution in [2.75, 3.05) is 6.54 Å². The second-order valence-electron chi connectivity index (χ2n) is 44.2. The van der Waals surface area contributed by atoms with E-state index in [1.54, 1.807) is 0 Å². The van der Waals surface area contributed by atoms with Gasteiger partial charge in [0.25, 0.3) is 0 Å². The molecule has 0 saturated carbocycles. The highest BCUT2D eigenvalue weighted by Gasteiger charge is 2.64. The zero-order valence-electron chi connectivity index (χ0n) is 79.2. The van der Waals surface area contributed by atoms with Gasteiger partial charge in [0.2, 0.25) is 5.91 Å². The smallest absolute Gasteiger partial charge is 0.227 e. The van der Waals surface area contributed by atoms with Gasteiger partial charge in [0.15, 0.2) is 5.78 Å². The molecule has 11 rings (SSSR count). The van der Waals surface area contributed by atoms with Crippen molar-refractivity contribution < 1.29 is 33.8 Å². The maximum Gasteiger partial charge on any atom is 0.227 e. The number of carbonyl (C=O) groups is 4. The predicted molar refractivity (Wildman–Crippen MR) is 482 cm³/mol. The van der Waals surface area contributed by atoms with E-state index < -0.39 is 5.60 Å². The minimum absolute atomic E-state index is 0. The summed E-state index contributed by atoms with van der Waals surface area (Å²) in [5.41, 5.74) is 9.45. The number of rotatable bonds is 0. The second kappa shape index (κ2) is 36.0. The molecule has 8 nitrogen and oxygen atoms in total. The number of fused-ring (bicyclic) bond motifs is 5. The van der Waals surface area contributed by atoms with E-state index in [9.17, 15) is 24.3 Å². The molecule has 112 heavy (non-hydrogen) atoms. The Morgan fingerprint density at radius 3 is 1.13 bits per heavy atom. The van der Waals surface area contributed by atoms with Crippen LogP contribution in [0.15, 0.2) is 121 Å². The lowest BCUT2D eigenvalue weighted by Crippen LogP contribution is -2.58. The number of para-hydroxylation sites is 1. The topological polar surface area (TPSA) is 119 Å². The van der Waals surface area contributed by atoms with E-state index in [1.807, 2.05) is 84.0 Å². The van der Waals surface area contributed by atoms with Gasteiger partial charge in [-0.1, -0.05) is 413 Å². The molecule has 1 unspecified atom stereocenters. The third kappa shape index (κ3) is 18.8. The number of ketones is 3. The zero-order chi connectivity index (χ0) is 86.6. The first-order valence-electron chi connectivity index (χ1n) is 42.6. The fourth-order valence-corrected chi connectivity index (χ4v) is 23.1. The third-order valence-electron chi connectivity index (χ3n) is 26.0. The van der Waals surface area contributed by atoms with Crippen LogP contribution in [0.1, 0.15) is 372 Å². The predicted octanol–water partition coefficient (Wildman–Crippen LogP) is 27.9. The first-order valence-corrected chi connectivity index (χ1v) is 42.6. The number of hydrogen-bond acceptors (Lipinski definition) is 7. The van der Waals surface area contributed by atoms with E-state index in [-0.39, 0.29) is 117 Å². The minimum Gasteiger partial charge on any atom is -0.485 e. The van der Waals surface area contributed by atoms with Crippen LogP contribution in [0.3, 0.4) is 0 Å². The Hall–Kier alpha value is -5.70. The van der Waals surface area contributed by atoms with E-state index in [4.69, 9.17) is 9.47 Å². The number of aliphatic hydroxyl groups is 1. The summed E-state index contributed by atoms with van der Waals surface area (Å²) in [6, 6.07) is 41.6. The van der Waals surface area contributed by atoms with Crippen LogP contribution >= 0.6 is 0 Å². The molecule has 0 bridgehead atoms. The molecule has 1 fully saturated rings. The Kier molecular flexibility index (Phi) is 32.9. The van der Waals surface area contributed by atoms with Crippen LogP contribution in [-0.2, 0) is 66.8 Å². The van der Waals surface area contributed by atoms with E-state index in [0.717, 1.165) is 42.9 Å². The summed E-state index contributed by atoms with van der Waals surface area (Å²) in [5.74, 6) is 2.04. The van der Waals surface area contributed by atoms with Gasteiger partial charge in [0.1, 0.15) is 28.5 Å². The lowest BCUT2D eigenvalue weighted by molar-refractivity contribution is -0.180. The summed E-state index contributed by atoms with van der Waals surface area (Å²) < 4.78 is 12.9. The van der Waals surface area contributed by atoms with E-state index in [1.165, 1.54) is 38.9 Å². The quantitative estimate of drug-likeness (QED) is 0.158. The molecular formula is C104H169NO7. The summed E-state index contributed by atoms with van der Waals surface area (Å²) in [6.07, 6.45) is 3.61. The lowest BCUT2D eigenvalue weighted by atomic mass is 9.50. The van der Waals surface area contributed by atoms with Gasteiger partial charge in [-0.3, -0.25) is 19.2 Å². The van der Waals surface area contributed by atoms with Crippen LogP contribution in [0.25, 0.3) is 0 Å². The normalized spacial score (nSPS) is 19.0. The van der Waals surface area contributed by atoms with Crippen molar-refractivity contribution in [3.8, 4) is 5.75 Å². The zero-order valence-corrected chi connectivity index (χ0v) is 79.2. The minimum atomic E-state index is -0.496. The summed E-state index contributed by atoms with van der Waals surface area (Å²) >= 11 is 0. The first kappa shape index (κ1) is 102. The number of carbonyl (C=O) groups excluding carboxylic acids is 4. The van der Waals surface area contributed by atoms with Crippen molar-refractivity contribution in [3.63, 3.8) is 0 Å². The lowest BCUT2D eigenvalue weighted by Gasteiger charge is -2.54. The Balaban J connectivity index is 0.000000450. The number of nitrogens with one attached hydrogen (secondary N) is 1. The number of benzene rings is 5. The largest absolute Gasteiger partial charge is 0.485 e. The second-order valence-corrected chi connectivity index (χ2v) is 44.2. The van der Waals surface area contributed by atoms with Crippen LogP contribution in [0.5, 0.6) is 5.75 Å². The molecule has 3 aliphatic carbocycles. The number of aliphatic hydroxyl groups excluding tert-OH is 1. The standard InChI is InChI=1S/C18H26O2.C17H24O.C17H26O.C17H24O.C16H24O.C12H23NO.3C2H6.CH4/c1-16(2,3)18(17(4,5)6)12-14(19)11-13-9-7-8-10-15(13)20-18;1-15(2,3)17(16(4,5)6)11-14(18)12-9-7-8-10-13(12)17;2*1-15(2,3)17(16(4,5)6)13-10-8-7-9-12(13)11-14(17)18;1-14(2,3)16(15(4,5)6)13-10-8-7-9-12(13)11-17-16;1-10(2,3)12(11(4,5)6)7-8-13-9(12)14;3*1-2;/h7-10H,11-12H2,1-6H3;7-10H,11H2,1-6H3;7-10,14,18H,11H2,1-6H3;7-10H,11H2,1-6H3;7-10H,11H2,1-6H3;7-8H2,1-6H3,(H,13,14);3*1-2H3;1H4. The molecule has 3 aliphatic heterocycles. The SMILES string of the molecule is C.CC.CC.CC.CC(C)(C)C1(C(C)(C)C)C(=O)Cc2ccccc21.CC(C)(C)C1(C(C)(C)C)CC(=O)Cc2ccccc2O1.CC(C)(C)C1(C(C)(C)C)CC(=O)c2ccccc21.CC(C)(C)C1(C(C)(C)C)CCNC1=O.CC(C)(C)C1(C(C)(C)C)OCc2ccccc21.CC(C)(C)C1(C(C)(C)C)c2ccccc2CC1O. The number of amides is 1. The molecule has 6 aliphatic rings. The molecule has 2 N–H and O–H groups in total.